The Morgan fingerprint density at radius 1 is 1.16 bits per heavy atom. The highest BCUT2D eigenvalue weighted by atomic mass is 16.5. The van der Waals surface area contributed by atoms with E-state index in [2.05, 4.69) is 29.0 Å². The molecule has 1 aromatic heterocycles. The molecule has 8 heteroatoms. The Bertz CT molecular complexity index is 749. The van der Waals surface area contributed by atoms with Crippen LogP contribution in [0.1, 0.15) is 56.8 Å². The third kappa shape index (κ3) is 6.65. The molecule has 2 bridgehead atoms. The summed E-state index contributed by atoms with van der Waals surface area (Å²) in [5.41, 5.74) is 0.340. The third-order valence-electron chi connectivity index (χ3n) is 6.34. The van der Waals surface area contributed by atoms with E-state index in [9.17, 15) is 9.59 Å². The molecule has 2 amide bonds. The van der Waals surface area contributed by atoms with Crippen LogP contribution in [0.4, 0.5) is 0 Å². The predicted molar refractivity (Wildman–Crippen MR) is 123 cm³/mol. The lowest BCUT2D eigenvalue weighted by atomic mass is 9.95. The summed E-state index contributed by atoms with van der Waals surface area (Å²) >= 11 is 0. The molecule has 1 aromatic rings. The van der Waals surface area contributed by atoms with Crippen molar-refractivity contribution in [2.75, 3.05) is 46.0 Å². The van der Waals surface area contributed by atoms with Gasteiger partial charge in [0, 0.05) is 38.4 Å². The van der Waals surface area contributed by atoms with E-state index in [1.807, 2.05) is 11.8 Å². The number of piperidine rings is 1. The van der Waals surface area contributed by atoms with E-state index < -0.39 is 6.04 Å². The Morgan fingerprint density at radius 3 is 2.66 bits per heavy atom. The molecular formula is C24H38N4O4. The van der Waals surface area contributed by atoms with Gasteiger partial charge in [0.1, 0.15) is 18.2 Å². The summed E-state index contributed by atoms with van der Waals surface area (Å²) in [5.74, 6) is 0.521. The van der Waals surface area contributed by atoms with E-state index in [1.165, 1.54) is 0 Å². The minimum absolute atomic E-state index is 0.0141. The fraction of sp³-hybridized carbons (Fsp3) is 0.708. The largest absolute Gasteiger partial charge is 0.475 e. The van der Waals surface area contributed by atoms with Gasteiger partial charge >= 0.3 is 0 Å². The number of carbonyl (C=O) groups excluding carboxylic acids is 2. The van der Waals surface area contributed by atoms with E-state index in [1.54, 1.807) is 18.3 Å². The predicted octanol–water partition coefficient (Wildman–Crippen LogP) is 2.34. The number of hydrogen-bond donors (Lipinski definition) is 1. The maximum atomic E-state index is 13.3. The number of carbonyl (C=O) groups is 2. The molecule has 1 saturated heterocycles. The van der Waals surface area contributed by atoms with Crippen LogP contribution in [-0.2, 0) is 9.53 Å². The number of amides is 2. The zero-order valence-electron chi connectivity index (χ0n) is 19.7. The molecule has 0 aliphatic carbocycles. The second-order valence-electron chi connectivity index (χ2n) is 8.99. The smallest absolute Gasteiger partial charge is 0.257 e. The van der Waals surface area contributed by atoms with Crippen LogP contribution in [0, 0.1) is 5.92 Å². The molecule has 1 fully saturated rings. The van der Waals surface area contributed by atoms with Crippen LogP contribution in [0.3, 0.4) is 0 Å². The van der Waals surface area contributed by atoms with Crippen molar-refractivity contribution >= 4 is 11.8 Å². The van der Waals surface area contributed by atoms with Crippen LogP contribution >= 0.6 is 0 Å². The van der Waals surface area contributed by atoms with E-state index in [-0.39, 0.29) is 17.7 Å². The van der Waals surface area contributed by atoms with Gasteiger partial charge in [0.15, 0.2) is 0 Å². The van der Waals surface area contributed by atoms with Crippen molar-refractivity contribution in [1.82, 2.24) is 20.1 Å². The Hall–Kier alpha value is -2.19. The fourth-order valence-corrected chi connectivity index (χ4v) is 4.39. The third-order valence-corrected chi connectivity index (χ3v) is 6.34. The highest BCUT2D eigenvalue weighted by molar-refractivity contribution is 5.99. The molecular weight excluding hydrogens is 408 g/mol. The molecule has 1 atom stereocenters. The first-order chi connectivity index (χ1) is 15.5. The van der Waals surface area contributed by atoms with Crippen LogP contribution in [0.2, 0.25) is 0 Å². The number of fused-ring (bicyclic) bond motifs is 12. The average Bonchev–Trinajstić information content (AvgIpc) is 2.79. The summed E-state index contributed by atoms with van der Waals surface area (Å²) in [5, 5.41) is 2.94. The van der Waals surface area contributed by atoms with Crippen LogP contribution in [0.25, 0.3) is 0 Å². The lowest BCUT2D eigenvalue weighted by Gasteiger charge is -2.37. The zero-order valence-corrected chi connectivity index (χ0v) is 19.7. The van der Waals surface area contributed by atoms with Crippen molar-refractivity contribution < 1.29 is 19.1 Å². The molecule has 178 valence electrons. The molecule has 32 heavy (non-hydrogen) atoms. The van der Waals surface area contributed by atoms with Gasteiger partial charge in [-0.25, -0.2) is 4.98 Å². The SMILES string of the molecule is CCC[C@H]1NC(=O)c2cccnc2OCCOCCN(C(C)C)CC2CCN(CC2)C1=O. The molecule has 3 aliphatic heterocycles. The van der Waals surface area contributed by atoms with Gasteiger partial charge in [0.05, 0.1) is 13.2 Å². The Morgan fingerprint density at radius 2 is 1.94 bits per heavy atom. The van der Waals surface area contributed by atoms with Crippen molar-refractivity contribution in [3.8, 4) is 5.88 Å². The molecule has 8 nitrogen and oxygen atoms in total. The number of rotatable bonds is 3. The van der Waals surface area contributed by atoms with E-state index in [0.717, 1.165) is 45.4 Å². The molecule has 0 unspecified atom stereocenters. The maximum absolute atomic E-state index is 13.3. The zero-order chi connectivity index (χ0) is 22.9. The monoisotopic (exact) mass is 446 g/mol. The standard InChI is InChI=1S/C24H38N4O4/c1-4-6-21-24(30)27-11-8-19(9-12-27)17-28(18(2)3)13-14-31-15-16-32-23-20(22(29)26-21)7-5-10-25-23/h5,7,10,18-19,21H,4,6,8-9,11-17H2,1-3H3,(H,26,29)/t21-/m1/s1. The molecule has 3 aliphatic rings. The van der Waals surface area contributed by atoms with Gasteiger partial charge in [-0.2, -0.15) is 0 Å². The Balaban J connectivity index is 1.78. The molecule has 0 saturated carbocycles. The summed E-state index contributed by atoms with van der Waals surface area (Å²) in [6.45, 7) is 11.2. The number of hydrogen-bond acceptors (Lipinski definition) is 6. The van der Waals surface area contributed by atoms with Crippen molar-refractivity contribution in [3.63, 3.8) is 0 Å². The summed E-state index contributed by atoms with van der Waals surface area (Å²) in [7, 11) is 0. The van der Waals surface area contributed by atoms with Gasteiger partial charge < -0.3 is 19.7 Å². The van der Waals surface area contributed by atoms with Crippen molar-refractivity contribution in [2.45, 2.75) is 58.5 Å². The number of aromatic nitrogens is 1. The van der Waals surface area contributed by atoms with Gasteiger partial charge in [-0.05, 0) is 51.2 Å². The average molecular weight is 447 g/mol. The fourth-order valence-electron chi connectivity index (χ4n) is 4.39. The van der Waals surface area contributed by atoms with Crippen LogP contribution in [-0.4, -0.2) is 84.7 Å². The minimum atomic E-state index is -0.536. The number of pyridine rings is 1. The van der Waals surface area contributed by atoms with Gasteiger partial charge in [-0.3, -0.25) is 14.5 Å². The van der Waals surface area contributed by atoms with Crippen molar-refractivity contribution in [3.05, 3.63) is 23.9 Å². The Kier molecular flexibility index (Phi) is 9.29. The number of nitrogens with zero attached hydrogens (tertiary/aromatic N) is 3. The van der Waals surface area contributed by atoms with Crippen LogP contribution < -0.4 is 10.1 Å². The first-order valence-corrected chi connectivity index (χ1v) is 12.0. The van der Waals surface area contributed by atoms with E-state index in [4.69, 9.17) is 9.47 Å². The first-order valence-electron chi connectivity index (χ1n) is 12.0. The van der Waals surface area contributed by atoms with Gasteiger partial charge in [0.25, 0.3) is 5.91 Å². The second kappa shape index (κ2) is 12.2. The summed E-state index contributed by atoms with van der Waals surface area (Å²) < 4.78 is 11.5. The molecule has 4 rings (SSSR count). The lowest BCUT2D eigenvalue weighted by Crippen LogP contribution is -2.51. The lowest BCUT2D eigenvalue weighted by molar-refractivity contribution is -0.135. The van der Waals surface area contributed by atoms with Gasteiger partial charge in [0.2, 0.25) is 11.8 Å². The highest BCUT2D eigenvalue weighted by Gasteiger charge is 2.30. The second-order valence-corrected chi connectivity index (χ2v) is 8.99. The molecule has 0 spiro atoms. The normalized spacial score (nSPS) is 24.4. The molecule has 1 N–H and O–H groups in total. The number of ether oxygens (including phenoxy) is 2. The van der Waals surface area contributed by atoms with Gasteiger partial charge in [-0.1, -0.05) is 13.3 Å². The minimum Gasteiger partial charge on any atom is -0.475 e. The van der Waals surface area contributed by atoms with E-state index in [0.29, 0.717) is 43.8 Å². The van der Waals surface area contributed by atoms with Crippen molar-refractivity contribution in [1.29, 1.82) is 0 Å². The van der Waals surface area contributed by atoms with E-state index >= 15 is 0 Å². The van der Waals surface area contributed by atoms with Gasteiger partial charge in [-0.15, -0.1) is 0 Å². The summed E-state index contributed by atoms with van der Waals surface area (Å²) in [4.78, 5) is 34.9. The molecule has 0 radical (unpaired) electrons. The van der Waals surface area contributed by atoms with Crippen LogP contribution in [0.15, 0.2) is 18.3 Å². The Labute approximate surface area is 191 Å². The van der Waals surface area contributed by atoms with Crippen LogP contribution in [0.5, 0.6) is 5.88 Å². The quantitative estimate of drug-likeness (QED) is 0.718. The topological polar surface area (TPSA) is 84.0 Å². The molecule has 0 aromatic carbocycles. The highest BCUT2D eigenvalue weighted by Crippen LogP contribution is 2.21. The maximum Gasteiger partial charge on any atom is 0.257 e. The summed E-state index contributed by atoms with van der Waals surface area (Å²) in [6, 6.07) is 3.29. The summed E-state index contributed by atoms with van der Waals surface area (Å²) in [6.07, 6.45) is 4.99. The molecule has 4 heterocycles. The first kappa shape index (κ1) is 24.5. The van der Waals surface area contributed by atoms with Crippen molar-refractivity contribution in [2.24, 2.45) is 5.92 Å². The number of nitrogens with one attached hydrogen (secondary N) is 1.